The van der Waals surface area contributed by atoms with Crippen LogP contribution in [0.15, 0.2) is 47.0 Å². The zero-order chi connectivity index (χ0) is 19.3. The first kappa shape index (κ1) is 18.1. The maximum Gasteiger partial charge on any atom is 0.246 e. The molecule has 144 valence electrons. The van der Waals surface area contributed by atoms with Gasteiger partial charge in [-0.1, -0.05) is 5.16 Å². The van der Waals surface area contributed by atoms with Gasteiger partial charge in [-0.25, -0.2) is 0 Å². The minimum Gasteiger partial charge on any atom is -0.497 e. The van der Waals surface area contributed by atoms with Crippen molar-refractivity contribution in [2.24, 2.45) is 0 Å². The molecule has 0 unspecified atom stereocenters. The second-order valence-corrected chi connectivity index (χ2v) is 6.31. The molecule has 0 saturated carbocycles. The first-order valence-electron chi connectivity index (χ1n) is 8.63. The van der Waals surface area contributed by atoms with Gasteiger partial charge >= 0.3 is 0 Å². The highest BCUT2D eigenvalue weighted by atomic mass is 32.1. The lowest BCUT2D eigenvalue weighted by Gasteiger charge is -2.19. The number of hydrogen-bond donors (Lipinski definition) is 2. The van der Waals surface area contributed by atoms with Gasteiger partial charge in [0.15, 0.2) is 16.6 Å². The van der Waals surface area contributed by atoms with Crippen molar-refractivity contribution in [2.45, 2.75) is 6.54 Å². The van der Waals surface area contributed by atoms with Gasteiger partial charge in [-0.15, -0.1) is 0 Å². The molecule has 9 heteroatoms. The summed E-state index contributed by atoms with van der Waals surface area (Å²) in [5.41, 5.74) is 1.64. The first-order chi connectivity index (χ1) is 13.7. The van der Waals surface area contributed by atoms with E-state index in [1.165, 1.54) is 0 Å². The number of aromatic nitrogens is 2. The van der Waals surface area contributed by atoms with Crippen LogP contribution < -0.4 is 24.8 Å². The standard InChI is InChI=1S/C19H18N4O4S/c1-24-14-5-2-12(3-6-14)18-22-17(27-23-18)11-20-19(28)21-13-4-7-15-16(10-13)26-9-8-25-15/h2-7,10H,8-9,11H2,1H3,(H2,20,21,28). The third kappa shape index (κ3) is 4.15. The van der Waals surface area contributed by atoms with Crippen LogP contribution in [0.4, 0.5) is 5.69 Å². The lowest BCUT2D eigenvalue weighted by atomic mass is 10.2. The molecular weight excluding hydrogens is 380 g/mol. The van der Waals surface area contributed by atoms with Gasteiger partial charge in [-0.3, -0.25) is 0 Å². The monoisotopic (exact) mass is 398 g/mol. The molecule has 0 aliphatic carbocycles. The number of ether oxygens (including phenoxy) is 3. The van der Waals surface area contributed by atoms with Crippen LogP contribution in [0.3, 0.4) is 0 Å². The molecule has 0 fully saturated rings. The summed E-state index contributed by atoms with van der Waals surface area (Å²) >= 11 is 5.32. The Hall–Kier alpha value is -3.33. The van der Waals surface area contributed by atoms with E-state index in [-0.39, 0.29) is 0 Å². The molecule has 1 aromatic heterocycles. The van der Waals surface area contributed by atoms with E-state index in [0.717, 1.165) is 22.7 Å². The van der Waals surface area contributed by atoms with Gasteiger partial charge in [0.25, 0.3) is 0 Å². The third-order valence-corrected chi connectivity index (χ3v) is 4.26. The summed E-state index contributed by atoms with van der Waals surface area (Å²) in [6.45, 7) is 1.40. The number of hydrogen-bond acceptors (Lipinski definition) is 7. The van der Waals surface area contributed by atoms with Crippen LogP contribution >= 0.6 is 12.2 Å². The second-order valence-electron chi connectivity index (χ2n) is 5.91. The fourth-order valence-corrected chi connectivity index (χ4v) is 2.83. The summed E-state index contributed by atoms with van der Waals surface area (Å²) in [4.78, 5) is 4.37. The van der Waals surface area contributed by atoms with Crippen molar-refractivity contribution in [2.75, 3.05) is 25.6 Å². The SMILES string of the molecule is COc1ccc(-c2noc(CNC(=S)Nc3ccc4c(c3)OCCO4)n2)cc1. The molecule has 2 heterocycles. The van der Waals surface area contributed by atoms with Gasteiger partial charge in [0.05, 0.1) is 13.7 Å². The number of anilines is 1. The normalized spacial score (nSPS) is 12.3. The topological polar surface area (TPSA) is 90.7 Å². The van der Waals surface area contributed by atoms with E-state index < -0.39 is 0 Å². The van der Waals surface area contributed by atoms with E-state index in [0.29, 0.717) is 42.3 Å². The van der Waals surface area contributed by atoms with E-state index in [9.17, 15) is 0 Å². The van der Waals surface area contributed by atoms with E-state index in [2.05, 4.69) is 20.8 Å². The quantitative estimate of drug-likeness (QED) is 0.629. The summed E-state index contributed by atoms with van der Waals surface area (Å²) in [6, 6.07) is 13.0. The maximum atomic E-state index is 5.56. The fourth-order valence-electron chi connectivity index (χ4n) is 2.64. The van der Waals surface area contributed by atoms with E-state index >= 15 is 0 Å². The summed E-state index contributed by atoms with van der Waals surface area (Å²) in [5.74, 6) is 3.12. The van der Waals surface area contributed by atoms with Crippen LogP contribution in [0.2, 0.25) is 0 Å². The average molecular weight is 398 g/mol. The molecule has 1 aliphatic heterocycles. The number of nitrogens with one attached hydrogen (secondary N) is 2. The minimum atomic E-state index is 0.305. The molecule has 8 nitrogen and oxygen atoms in total. The second kappa shape index (κ2) is 8.13. The fraction of sp³-hybridized carbons (Fsp3) is 0.211. The number of rotatable bonds is 5. The third-order valence-electron chi connectivity index (χ3n) is 4.02. The Kier molecular flexibility index (Phi) is 5.24. The number of fused-ring (bicyclic) bond motifs is 1. The zero-order valence-electron chi connectivity index (χ0n) is 15.1. The van der Waals surface area contributed by atoms with Crippen LogP contribution in [0.1, 0.15) is 5.89 Å². The Balaban J connectivity index is 1.33. The summed E-state index contributed by atoms with van der Waals surface area (Å²) in [7, 11) is 1.62. The Morgan fingerprint density at radius 2 is 1.89 bits per heavy atom. The van der Waals surface area contributed by atoms with Crippen LogP contribution in [-0.2, 0) is 6.54 Å². The molecule has 2 aromatic carbocycles. The molecule has 28 heavy (non-hydrogen) atoms. The molecule has 1 aliphatic rings. The van der Waals surface area contributed by atoms with Crippen LogP contribution in [0, 0.1) is 0 Å². The lowest BCUT2D eigenvalue weighted by molar-refractivity contribution is 0.171. The van der Waals surface area contributed by atoms with Crippen molar-refractivity contribution >= 4 is 23.0 Å². The Morgan fingerprint density at radius 1 is 1.11 bits per heavy atom. The van der Waals surface area contributed by atoms with Gasteiger partial charge in [0, 0.05) is 17.3 Å². The predicted octanol–water partition coefficient (Wildman–Crippen LogP) is 3.00. The average Bonchev–Trinajstić information content (AvgIpc) is 3.21. The van der Waals surface area contributed by atoms with Gasteiger partial charge in [-0.2, -0.15) is 4.98 Å². The number of benzene rings is 2. The number of methoxy groups -OCH3 is 1. The Bertz CT molecular complexity index is 974. The molecule has 4 rings (SSSR count). The van der Waals surface area contributed by atoms with E-state index in [1.807, 2.05) is 42.5 Å². The largest absolute Gasteiger partial charge is 0.497 e. The van der Waals surface area contributed by atoms with Crippen LogP contribution in [0.5, 0.6) is 17.2 Å². The number of nitrogens with zero attached hydrogens (tertiary/aromatic N) is 2. The molecule has 0 radical (unpaired) electrons. The summed E-state index contributed by atoms with van der Waals surface area (Å²) in [6.07, 6.45) is 0. The molecule has 0 atom stereocenters. The summed E-state index contributed by atoms with van der Waals surface area (Å²) < 4.78 is 21.5. The Labute approximate surface area is 166 Å². The van der Waals surface area contributed by atoms with Crippen molar-refractivity contribution in [3.05, 3.63) is 48.4 Å². The van der Waals surface area contributed by atoms with Crippen molar-refractivity contribution in [3.63, 3.8) is 0 Å². The van der Waals surface area contributed by atoms with Crippen molar-refractivity contribution < 1.29 is 18.7 Å². The van der Waals surface area contributed by atoms with Crippen molar-refractivity contribution in [1.82, 2.24) is 15.5 Å². The smallest absolute Gasteiger partial charge is 0.246 e. The molecule has 0 saturated heterocycles. The predicted molar refractivity (Wildman–Crippen MR) is 107 cm³/mol. The highest BCUT2D eigenvalue weighted by molar-refractivity contribution is 7.80. The molecule has 3 aromatic rings. The van der Waals surface area contributed by atoms with Gasteiger partial charge in [0.1, 0.15) is 19.0 Å². The van der Waals surface area contributed by atoms with Gasteiger partial charge in [0.2, 0.25) is 11.7 Å². The molecule has 2 N–H and O–H groups in total. The van der Waals surface area contributed by atoms with E-state index in [4.69, 9.17) is 31.0 Å². The van der Waals surface area contributed by atoms with E-state index in [1.54, 1.807) is 7.11 Å². The lowest BCUT2D eigenvalue weighted by Crippen LogP contribution is -2.28. The zero-order valence-corrected chi connectivity index (χ0v) is 15.9. The molecule has 0 spiro atoms. The van der Waals surface area contributed by atoms with Crippen LogP contribution in [-0.4, -0.2) is 35.6 Å². The van der Waals surface area contributed by atoms with Gasteiger partial charge < -0.3 is 29.4 Å². The molecular formula is C19H18N4O4S. The first-order valence-corrected chi connectivity index (χ1v) is 9.03. The summed E-state index contributed by atoms with van der Waals surface area (Å²) in [5, 5.41) is 10.6. The molecule has 0 bridgehead atoms. The highest BCUT2D eigenvalue weighted by Gasteiger charge is 2.13. The molecule has 0 amide bonds. The van der Waals surface area contributed by atoms with Crippen LogP contribution in [0.25, 0.3) is 11.4 Å². The Morgan fingerprint density at radius 3 is 2.68 bits per heavy atom. The van der Waals surface area contributed by atoms with Crippen molar-refractivity contribution in [3.8, 4) is 28.6 Å². The van der Waals surface area contributed by atoms with Gasteiger partial charge in [-0.05, 0) is 48.6 Å². The maximum absolute atomic E-state index is 5.56. The van der Waals surface area contributed by atoms with Crippen molar-refractivity contribution in [1.29, 1.82) is 0 Å². The minimum absolute atomic E-state index is 0.305. The number of thiocarbonyl (C=S) groups is 1. The highest BCUT2D eigenvalue weighted by Crippen LogP contribution is 2.32.